The highest BCUT2D eigenvalue weighted by atomic mass is 16.6. The lowest BCUT2D eigenvalue weighted by Gasteiger charge is -2.11. The molecule has 22 heavy (non-hydrogen) atoms. The van der Waals surface area contributed by atoms with Gasteiger partial charge in [-0.15, -0.1) is 0 Å². The number of carbonyl (C=O) groups is 1. The molecule has 114 valence electrons. The highest BCUT2D eigenvalue weighted by molar-refractivity contribution is 5.92. The van der Waals surface area contributed by atoms with Gasteiger partial charge in [-0.05, 0) is 30.7 Å². The predicted molar refractivity (Wildman–Crippen MR) is 82.8 cm³/mol. The molecule has 1 N–H and O–H groups in total. The normalized spacial score (nSPS) is 10.0. The first-order valence-corrected chi connectivity index (χ1v) is 6.85. The summed E-state index contributed by atoms with van der Waals surface area (Å²) in [4.78, 5) is 22.3. The fourth-order valence-electron chi connectivity index (χ4n) is 1.98. The number of rotatable bonds is 6. The Morgan fingerprint density at radius 1 is 1.23 bits per heavy atom. The van der Waals surface area contributed by atoms with Crippen LogP contribution in [0.15, 0.2) is 48.5 Å². The van der Waals surface area contributed by atoms with E-state index in [4.69, 9.17) is 4.74 Å². The summed E-state index contributed by atoms with van der Waals surface area (Å²) in [5.41, 5.74) is 1.62. The van der Waals surface area contributed by atoms with Gasteiger partial charge in [-0.1, -0.05) is 18.2 Å². The van der Waals surface area contributed by atoms with Crippen LogP contribution in [0, 0.1) is 10.1 Å². The number of anilines is 1. The largest absolute Gasteiger partial charge is 0.462 e. The van der Waals surface area contributed by atoms with Crippen LogP contribution in [0.4, 0.5) is 11.4 Å². The number of ether oxygens (including phenoxy) is 1. The van der Waals surface area contributed by atoms with Gasteiger partial charge in [-0.2, -0.15) is 0 Å². The van der Waals surface area contributed by atoms with Crippen molar-refractivity contribution >= 4 is 17.3 Å². The van der Waals surface area contributed by atoms with E-state index in [0.29, 0.717) is 12.1 Å². The predicted octanol–water partition coefficient (Wildman–Crippen LogP) is 3.38. The lowest BCUT2D eigenvalue weighted by atomic mass is 10.1. The van der Waals surface area contributed by atoms with Crippen LogP contribution in [0.3, 0.4) is 0 Å². The smallest absolute Gasteiger partial charge is 0.338 e. The molecule has 6 heteroatoms. The van der Waals surface area contributed by atoms with Crippen LogP contribution in [0.25, 0.3) is 0 Å². The molecule has 2 aromatic rings. The van der Waals surface area contributed by atoms with Gasteiger partial charge in [0.1, 0.15) is 0 Å². The molecule has 0 heterocycles. The third-order valence-electron chi connectivity index (χ3n) is 3.06. The van der Waals surface area contributed by atoms with Crippen molar-refractivity contribution < 1.29 is 14.5 Å². The molecule has 0 atom stereocenters. The van der Waals surface area contributed by atoms with E-state index in [-0.39, 0.29) is 17.9 Å². The summed E-state index contributed by atoms with van der Waals surface area (Å²) >= 11 is 0. The van der Waals surface area contributed by atoms with E-state index in [0.717, 1.165) is 5.69 Å². The molecule has 0 aliphatic carbocycles. The van der Waals surface area contributed by atoms with Crippen LogP contribution >= 0.6 is 0 Å². The van der Waals surface area contributed by atoms with Gasteiger partial charge < -0.3 is 10.1 Å². The highest BCUT2D eigenvalue weighted by Crippen LogP contribution is 2.20. The fourth-order valence-corrected chi connectivity index (χ4v) is 1.98. The molecule has 2 rings (SSSR count). The first kappa shape index (κ1) is 15.5. The zero-order valence-electron chi connectivity index (χ0n) is 12.1. The van der Waals surface area contributed by atoms with Crippen molar-refractivity contribution in [2.45, 2.75) is 13.5 Å². The van der Waals surface area contributed by atoms with Gasteiger partial charge in [0.05, 0.1) is 17.1 Å². The average Bonchev–Trinajstić information content (AvgIpc) is 2.54. The standard InChI is InChI=1S/C16H16N2O4/c1-2-22-16(19)15-10-14(18(20)21)9-8-12(15)11-17-13-6-4-3-5-7-13/h3-10,17H,2,11H2,1H3. The monoisotopic (exact) mass is 300 g/mol. The molecule has 0 amide bonds. The number of nitro groups is 1. The van der Waals surface area contributed by atoms with Crippen molar-refractivity contribution in [1.82, 2.24) is 0 Å². The summed E-state index contributed by atoms with van der Waals surface area (Å²) in [6.07, 6.45) is 0. The van der Waals surface area contributed by atoms with Gasteiger partial charge in [-0.3, -0.25) is 10.1 Å². The van der Waals surface area contributed by atoms with E-state index in [9.17, 15) is 14.9 Å². The summed E-state index contributed by atoms with van der Waals surface area (Å²) < 4.78 is 4.97. The zero-order chi connectivity index (χ0) is 15.9. The Balaban J connectivity index is 2.25. The van der Waals surface area contributed by atoms with E-state index in [1.54, 1.807) is 13.0 Å². The molecule has 0 spiro atoms. The Morgan fingerprint density at radius 2 is 1.95 bits per heavy atom. The minimum absolute atomic E-state index is 0.133. The van der Waals surface area contributed by atoms with E-state index in [2.05, 4.69) is 5.32 Å². The number of nitro benzene ring substituents is 1. The van der Waals surface area contributed by atoms with E-state index in [1.807, 2.05) is 30.3 Å². The second-order valence-corrected chi connectivity index (χ2v) is 4.54. The van der Waals surface area contributed by atoms with Gasteiger partial charge in [-0.25, -0.2) is 4.79 Å². The average molecular weight is 300 g/mol. The first-order chi connectivity index (χ1) is 10.6. The molecule has 0 radical (unpaired) electrons. The number of nitrogens with one attached hydrogen (secondary N) is 1. The topological polar surface area (TPSA) is 81.5 Å². The number of carbonyl (C=O) groups excluding carboxylic acids is 1. The fraction of sp³-hybridized carbons (Fsp3) is 0.188. The van der Waals surface area contributed by atoms with Crippen molar-refractivity contribution in [2.24, 2.45) is 0 Å². The number of hydrogen-bond acceptors (Lipinski definition) is 5. The van der Waals surface area contributed by atoms with Crippen molar-refractivity contribution in [3.63, 3.8) is 0 Å². The number of benzene rings is 2. The maximum atomic E-state index is 12.0. The van der Waals surface area contributed by atoms with Crippen molar-refractivity contribution in [2.75, 3.05) is 11.9 Å². The van der Waals surface area contributed by atoms with E-state index >= 15 is 0 Å². The Morgan fingerprint density at radius 3 is 2.59 bits per heavy atom. The summed E-state index contributed by atoms with van der Waals surface area (Å²) in [6.45, 7) is 2.28. The molecule has 0 unspecified atom stereocenters. The Kier molecular flexibility index (Phi) is 5.08. The maximum absolute atomic E-state index is 12.0. The van der Waals surface area contributed by atoms with Gasteiger partial charge in [0.25, 0.3) is 5.69 Å². The molecule has 6 nitrogen and oxygen atoms in total. The second kappa shape index (κ2) is 7.21. The van der Waals surface area contributed by atoms with Crippen molar-refractivity contribution in [3.05, 3.63) is 69.8 Å². The van der Waals surface area contributed by atoms with Gasteiger partial charge in [0, 0.05) is 24.4 Å². The summed E-state index contributed by atoms with van der Waals surface area (Å²) in [5.74, 6) is -0.559. The number of nitrogens with zero attached hydrogens (tertiary/aromatic N) is 1. The van der Waals surface area contributed by atoms with Crippen LogP contribution in [-0.4, -0.2) is 17.5 Å². The van der Waals surface area contributed by atoms with Gasteiger partial charge >= 0.3 is 5.97 Å². The van der Waals surface area contributed by atoms with Crippen molar-refractivity contribution in [1.29, 1.82) is 0 Å². The highest BCUT2D eigenvalue weighted by Gasteiger charge is 2.17. The number of non-ortho nitro benzene ring substituents is 1. The third kappa shape index (κ3) is 3.82. The Labute approximate surface area is 127 Å². The van der Waals surface area contributed by atoms with E-state index < -0.39 is 10.9 Å². The first-order valence-electron chi connectivity index (χ1n) is 6.85. The minimum Gasteiger partial charge on any atom is -0.462 e. The van der Waals surface area contributed by atoms with Crippen LogP contribution in [0.2, 0.25) is 0 Å². The molecule has 0 saturated carbocycles. The van der Waals surface area contributed by atoms with Crippen LogP contribution < -0.4 is 5.32 Å². The molecule has 0 saturated heterocycles. The van der Waals surface area contributed by atoms with Gasteiger partial charge in [0.2, 0.25) is 0 Å². The SMILES string of the molecule is CCOC(=O)c1cc([N+](=O)[O-])ccc1CNc1ccccc1. The molecule has 2 aromatic carbocycles. The molecule has 0 aliphatic rings. The molecule has 0 bridgehead atoms. The zero-order valence-corrected chi connectivity index (χ0v) is 12.1. The quantitative estimate of drug-likeness (QED) is 0.502. The second-order valence-electron chi connectivity index (χ2n) is 4.54. The summed E-state index contributed by atoms with van der Waals surface area (Å²) in [6, 6.07) is 13.7. The summed E-state index contributed by atoms with van der Waals surface area (Å²) in [5, 5.41) is 14.0. The molecule has 0 aromatic heterocycles. The van der Waals surface area contributed by atoms with Crippen LogP contribution in [-0.2, 0) is 11.3 Å². The van der Waals surface area contributed by atoms with Crippen molar-refractivity contribution in [3.8, 4) is 0 Å². The number of hydrogen-bond donors (Lipinski definition) is 1. The minimum atomic E-state index is -0.559. The maximum Gasteiger partial charge on any atom is 0.338 e. The molecule has 0 fully saturated rings. The third-order valence-corrected chi connectivity index (χ3v) is 3.06. The van der Waals surface area contributed by atoms with Crippen LogP contribution in [0.5, 0.6) is 0 Å². The summed E-state index contributed by atoms with van der Waals surface area (Å²) in [7, 11) is 0. The number of para-hydroxylation sites is 1. The van der Waals surface area contributed by atoms with E-state index in [1.165, 1.54) is 12.1 Å². The Hall–Kier alpha value is -2.89. The molecular formula is C16H16N2O4. The van der Waals surface area contributed by atoms with Gasteiger partial charge in [0.15, 0.2) is 0 Å². The number of esters is 1. The lowest BCUT2D eigenvalue weighted by Crippen LogP contribution is -2.11. The lowest BCUT2D eigenvalue weighted by molar-refractivity contribution is -0.384. The molecule has 0 aliphatic heterocycles. The van der Waals surface area contributed by atoms with Crippen LogP contribution in [0.1, 0.15) is 22.8 Å². The molecular weight excluding hydrogens is 284 g/mol. The Bertz CT molecular complexity index is 671.